The summed E-state index contributed by atoms with van der Waals surface area (Å²) in [6.07, 6.45) is 0.682. The first-order valence-corrected chi connectivity index (χ1v) is 12.4. The van der Waals surface area contributed by atoms with E-state index in [0.717, 1.165) is 0 Å². The van der Waals surface area contributed by atoms with Crippen molar-refractivity contribution in [2.75, 3.05) is 49.8 Å². The van der Waals surface area contributed by atoms with E-state index in [-0.39, 0.29) is 24.9 Å². The molecule has 38 heavy (non-hydrogen) atoms. The topological polar surface area (TPSA) is 155 Å². The summed E-state index contributed by atoms with van der Waals surface area (Å²) in [5.74, 6) is 1.25. The molecule has 0 aliphatic carbocycles. The van der Waals surface area contributed by atoms with Gasteiger partial charge in [-0.3, -0.25) is 4.79 Å². The average Bonchev–Trinajstić information content (AvgIpc) is 2.89. The molecule has 0 radical (unpaired) electrons. The minimum absolute atomic E-state index is 0.00771. The van der Waals surface area contributed by atoms with Crippen molar-refractivity contribution in [2.24, 2.45) is 0 Å². The standard InChI is InChI=1S/C24H29ClN8O4S/c1-36-16-12-15(13-17(14-16)37-2)29-22-31-21(26-9-5-10-27-24(38)28-11-8-20(34)35)32-23(33-22)30-19-7-4-3-6-18(19)25/h3-4,6-7,12-14H,5,8-11H2,1-2H3,(H,34,35)(H2,27,28,38)(H3,26,29,30,31,32,33). The van der Waals surface area contributed by atoms with Gasteiger partial charge in [-0.2, -0.15) is 15.0 Å². The van der Waals surface area contributed by atoms with Crippen molar-refractivity contribution < 1.29 is 19.4 Å². The molecule has 3 aromatic rings. The maximum absolute atomic E-state index is 10.6. The van der Waals surface area contributed by atoms with Crippen molar-refractivity contribution in [3.05, 3.63) is 47.5 Å². The van der Waals surface area contributed by atoms with E-state index >= 15 is 0 Å². The molecule has 0 atom stereocenters. The second kappa shape index (κ2) is 14.6. The van der Waals surface area contributed by atoms with E-state index in [4.69, 9.17) is 38.4 Å². The van der Waals surface area contributed by atoms with Crippen LogP contribution < -0.4 is 36.1 Å². The lowest BCUT2D eigenvalue weighted by atomic mass is 10.3. The quantitative estimate of drug-likeness (QED) is 0.125. The van der Waals surface area contributed by atoms with E-state index in [2.05, 4.69) is 41.5 Å². The summed E-state index contributed by atoms with van der Waals surface area (Å²) in [6.45, 7) is 1.36. The summed E-state index contributed by atoms with van der Waals surface area (Å²) < 4.78 is 10.7. The van der Waals surface area contributed by atoms with Crippen molar-refractivity contribution >= 4 is 64.1 Å². The Kier molecular flexibility index (Phi) is 10.9. The van der Waals surface area contributed by atoms with E-state index in [1.54, 1.807) is 38.5 Å². The van der Waals surface area contributed by atoms with E-state index in [9.17, 15) is 4.79 Å². The number of halogens is 1. The summed E-state index contributed by atoms with van der Waals surface area (Å²) in [6, 6.07) is 12.6. The Morgan fingerprint density at radius 1 is 0.921 bits per heavy atom. The van der Waals surface area contributed by atoms with Crippen molar-refractivity contribution in [3.63, 3.8) is 0 Å². The molecule has 1 heterocycles. The highest BCUT2D eigenvalue weighted by atomic mass is 35.5. The summed E-state index contributed by atoms with van der Waals surface area (Å²) in [5.41, 5.74) is 1.31. The van der Waals surface area contributed by atoms with Gasteiger partial charge in [0.1, 0.15) is 11.5 Å². The maximum atomic E-state index is 10.6. The summed E-state index contributed by atoms with van der Waals surface area (Å²) in [5, 5.41) is 25.0. The van der Waals surface area contributed by atoms with E-state index in [1.807, 2.05) is 18.2 Å². The van der Waals surface area contributed by atoms with Gasteiger partial charge in [-0.25, -0.2) is 0 Å². The molecule has 2 aromatic carbocycles. The predicted octanol–water partition coefficient (Wildman–Crippen LogP) is 3.77. The SMILES string of the molecule is COc1cc(Nc2nc(NCCCNC(=S)NCCC(=O)O)nc(Nc3ccccc3Cl)n2)cc(OC)c1. The number of carboxylic acid groups (broad SMARTS) is 1. The first kappa shape index (κ1) is 28.5. The Morgan fingerprint density at radius 2 is 1.55 bits per heavy atom. The first-order chi connectivity index (χ1) is 18.4. The fourth-order valence-corrected chi connectivity index (χ4v) is 3.48. The Hall–Kier alpha value is -4.10. The molecule has 6 N–H and O–H groups in total. The minimum Gasteiger partial charge on any atom is -0.497 e. The predicted molar refractivity (Wildman–Crippen MR) is 151 cm³/mol. The highest BCUT2D eigenvalue weighted by Gasteiger charge is 2.11. The monoisotopic (exact) mass is 560 g/mol. The van der Waals surface area contributed by atoms with Gasteiger partial charge in [0.15, 0.2) is 5.11 Å². The molecular formula is C24H29ClN8O4S. The zero-order valence-electron chi connectivity index (χ0n) is 20.9. The molecule has 0 fully saturated rings. The van der Waals surface area contributed by atoms with Gasteiger partial charge >= 0.3 is 5.97 Å². The number of aromatic nitrogens is 3. The molecule has 0 saturated carbocycles. The Morgan fingerprint density at radius 3 is 2.21 bits per heavy atom. The largest absolute Gasteiger partial charge is 0.497 e. The summed E-state index contributed by atoms with van der Waals surface area (Å²) in [7, 11) is 3.14. The van der Waals surface area contributed by atoms with E-state index in [0.29, 0.717) is 58.5 Å². The van der Waals surface area contributed by atoms with Crippen LogP contribution in [0, 0.1) is 0 Å². The number of anilines is 5. The molecule has 0 amide bonds. The summed E-state index contributed by atoms with van der Waals surface area (Å²) >= 11 is 11.4. The van der Waals surface area contributed by atoms with E-state index in [1.165, 1.54) is 0 Å². The Balaban J connectivity index is 1.68. The van der Waals surface area contributed by atoms with Crippen molar-refractivity contribution in [2.45, 2.75) is 12.8 Å². The van der Waals surface area contributed by atoms with Gasteiger partial charge in [0, 0.05) is 43.5 Å². The number of nitrogens with one attached hydrogen (secondary N) is 5. The van der Waals surface area contributed by atoms with Gasteiger partial charge in [0.2, 0.25) is 17.8 Å². The number of thiocarbonyl (C=S) groups is 1. The third kappa shape index (κ3) is 9.41. The second-order valence-corrected chi connectivity index (χ2v) is 8.56. The molecule has 0 unspecified atom stereocenters. The molecular weight excluding hydrogens is 532 g/mol. The van der Waals surface area contributed by atoms with Crippen LogP contribution in [-0.4, -0.2) is 65.0 Å². The molecule has 3 rings (SSSR count). The average molecular weight is 561 g/mol. The van der Waals surface area contributed by atoms with Crippen LogP contribution in [0.5, 0.6) is 11.5 Å². The van der Waals surface area contributed by atoms with Crippen LogP contribution in [0.3, 0.4) is 0 Å². The molecule has 0 aliphatic rings. The molecule has 0 saturated heterocycles. The number of ether oxygens (including phenoxy) is 2. The lowest BCUT2D eigenvalue weighted by Crippen LogP contribution is -2.37. The summed E-state index contributed by atoms with van der Waals surface area (Å²) in [4.78, 5) is 24.0. The van der Waals surface area contributed by atoms with Crippen molar-refractivity contribution in [3.8, 4) is 11.5 Å². The van der Waals surface area contributed by atoms with Gasteiger partial charge in [0.05, 0.1) is 31.4 Å². The number of para-hydroxylation sites is 1. The third-order valence-corrected chi connectivity index (χ3v) is 5.53. The smallest absolute Gasteiger partial charge is 0.305 e. The van der Waals surface area contributed by atoms with E-state index < -0.39 is 5.97 Å². The van der Waals surface area contributed by atoms with Crippen molar-refractivity contribution in [1.29, 1.82) is 0 Å². The van der Waals surface area contributed by atoms with Crippen LogP contribution in [0.15, 0.2) is 42.5 Å². The lowest BCUT2D eigenvalue weighted by Gasteiger charge is -2.13. The fraction of sp³-hybridized carbons (Fsp3) is 0.292. The molecule has 202 valence electrons. The highest BCUT2D eigenvalue weighted by molar-refractivity contribution is 7.80. The zero-order chi connectivity index (χ0) is 27.3. The van der Waals surface area contributed by atoms with Crippen LogP contribution in [0.1, 0.15) is 12.8 Å². The second-order valence-electron chi connectivity index (χ2n) is 7.74. The molecule has 0 bridgehead atoms. The number of hydrogen-bond acceptors (Lipinski definition) is 10. The van der Waals surface area contributed by atoms with Crippen LogP contribution in [-0.2, 0) is 4.79 Å². The fourth-order valence-electron chi connectivity index (χ4n) is 3.09. The number of hydrogen-bond donors (Lipinski definition) is 6. The van der Waals surface area contributed by atoms with Gasteiger partial charge in [-0.1, -0.05) is 23.7 Å². The maximum Gasteiger partial charge on any atom is 0.305 e. The van der Waals surface area contributed by atoms with Gasteiger partial charge in [-0.15, -0.1) is 0 Å². The zero-order valence-corrected chi connectivity index (χ0v) is 22.4. The number of carboxylic acids is 1. The molecule has 12 nitrogen and oxygen atoms in total. The highest BCUT2D eigenvalue weighted by Crippen LogP contribution is 2.28. The number of benzene rings is 2. The first-order valence-electron chi connectivity index (χ1n) is 11.6. The number of nitrogens with zero attached hydrogens (tertiary/aromatic N) is 3. The number of methoxy groups -OCH3 is 2. The van der Waals surface area contributed by atoms with Crippen LogP contribution in [0.25, 0.3) is 0 Å². The normalized spacial score (nSPS) is 10.3. The van der Waals surface area contributed by atoms with Crippen LogP contribution in [0.2, 0.25) is 5.02 Å². The number of rotatable bonds is 14. The number of aliphatic carboxylic acids is 1. The van der Waals surface area contributed by atoms with Gasteiger partial charge < -0.3 is 41.2 Å². The molecule has 14 heteroatoms. The van der Waals surface area contributed by atoms with Gasteiger partial charge in [0.25, 0.3) is 0 Å². The Labute approximate surface area is 230 Å². The van der Waals surface area contributed by atoms with Crippen LogP contribution in [0.4, 0.5) is 29.2 Å². The minimum atomic E-state index is -0.885. The van der Waals surface area contributed by atoms with Crippen LogP contribution >= 0.6 is 23.8 Å². The number of carbonyl (C=O) groups is 1. The molecule has 0 spiro atoms. The molecule has 1 aromatic heterocycles. The third-order valence-electron chi connectivity index (χ3n) is 4.91. The van der Waals surface area contributed by atoms with Crippen molar-refractivity contribution in [1.82, 2.24) is 25.6 Å². The van der Waals surface area contributed by atoms with Gasteiger partial charge in [-0.05, 0) is 30.8 Å². The lowest BCUT2D eigenvalue weighted by molar-refractivity contribution is -0.136. The molecule has 0 aliphatic heterocycles. The Bertz CT molecular complexity index is 1230.